The second kappa shape index (κ2) is 4.41. The minimum absolute atomic E-state index is 0.0487. The van der Waals surface area contributed by atoms with Crippen LogP contribution in [0.4, 0.5) is 24.5 Å². The molecule has 0 bridgehead atoms. The molecule has 1 aromatic carbocycles. The molecule has 0 saturated heterocycles. The van der Waals surface area contributed by atoms with E-state index in [1.54, 1.807) is 0 Å². The van der Waals surface area contributed by atoms with E-state index in [1.807, 2.05) is 0 Å². The number of nitrogen functional groups attached to an aromatic ring is 1. The van der Waals surface area contributed by atoms with Crippen LogP contribution in [-0.4, -0.2) is 13.0 Å². The van der Waals surface area contributed by atoms with E-state index in [1.165, 1.54) is 12.1 Å². The summed E-state index contributed by atoms with van der Waals surface area (Å²) in [7, 11) is 0. The average Bonchev–Trinajstić information content (AvgIpc) is 2.11. The van der Waals surface area contributed by atoms with Gasteiger partial charge in [-0.15, -0.1) is 0 Å². The summed E-state index contributed by atoms with van der Waals surface area (Å²) in [4.78, 5) is 0. The van der Waals surface area contributed by atoms with E-state index < -0.39 is 18.8 Å². The van der Waals surface area contributed by atoms with Crippen LogP contribution >= 0.6 is 11.6 Å². The van der Waals surface area contributed by atoms with Gasteiger partial charge in [0.2, 0.25) is 0 Å². The third-order valence-electron chi connectivity index (χ3n) is 1.56. The number of alkyl halides is 2. The maximum absolute atomic E-state index is 13.2. The van der Waals surface area contributed by atoms with Gasteiger partial charge in [0.1, 0.15) is 0 Å². The van der Waals surface area contributed by atoms with Crippen LogP contribution in [0.25, 0.3) is 0 Å². The lowest BCUT2D eigenvalue weighted by Crippen LogP contribution is -2.12. The fourth-order valence-electron chi connectivity index (χ4n) is 0.924. The Hall–Kier alpha value is -1.10. The van der Waals surface area contributed by atoms with Crippen molar-refractivity contribution in [2.45, 2.75) is 6.43 Å². The summed E-state index contributed by atoms with van der Waals surface area (Å²) in [5.74, 6) is -0.813. The first-order valence-corrected chi connectivity index (χ1v) is 4.15. The smallest absolute Gasteiger partial charge is 0.255 e. The summed E-state index contributed by atoms with van der Waals surface area (Å²) in [6.07, 6.45) is -2.58. The van der Waals surface area contributed by atoms with Crippen molar-refractivity contribution >= 4 is 23.0 Å². The summed E-state index contributed by atoms with van der Waals surface area (Å²) < 4.78 is 36.8. The number of anilines is 2. The molecule has 0 aromatic heterocycles. The normalized spacial score (nSPS) is 10.6. The molecule has 14 heavy (non-hydrogen) atoms. The van der Waals surface area contributed by atoms with Gasteiger partial charge in [0.05, 0.1) is 22.9 Å². The summed E-state index contributed by atoms with van der Waals surface area (Å²) in [6.45, 7) is -0.665. The molecule has 0 amide bonds. The lowest BCUT2D eigenvalue weighted by Gasteiger charge is -2.10. The molecule has 0 aliphatic heterocycles. The van der Waals surface area contributed by atoms with E-state index in [0.29, 0.717) is 0 Å². The lowest BCUT2D eigenvalue weighted by atomic mass is 10.2. The van der Waals surface area contributed by atoms with Gasteiger partial charge in [0, 0.05) is 0 Å². The zero-order chi connectivity index (χ0) is 10.7. The molecule has 0 aliphatic rings. The number of benzene rings is 1. The molecule has 0 saturated carbocycles. The van der Waals surface area contributed by atoms with Crippen molar-refractivity contribution in [1.82, 2.24) is 0 Å². The molecule has 0 fully saturated rings. The Balaban J connectivity index is 2.89. The molecule has 1 aromatic rings. The van der Waals surface area contributed by atoms with Crippen LogP contribution in [0.5, 0.6) is 0 Å². The van der Waals surface area contributed by atoms with Crippen LogP contribution < -0.4 is 11.1 Å². The highest BCUT2D eigenvalue weighted by Crippen LogP contribution is 2.28. The van der Waals surface area contributed by atoms with Gasteiger partial charge in [-0.1, -0.05) is 11.6 Å². The molecule has 78 valence electrons. The second-order valence-corrected chi connectivity index (χ2v) is 3.00. The molecule has 0 unspecified atom stereocenters. The van der Waals surface area contributed by atoms with E-state index in [0.717, 1.165) is 0 Å². The molecule has 6 heteroatoms. The minimum Gasteiger partial charge on any atom is -0.397 e. The van der Waals surface area contributed by atoms with Crippen LogP contribution in [0.15, 0.2) is 12.1 Å². The number of nitrogens with two attached hydrogens (primary N) is 1. The first-order valence-electron chi connectivity index (χ1n) is 3.78. The van der Waals surface area contributed by atoms with E-state index in [4.69, 9.17) is 17.3 Å². The van der Waals surface area contributed by atoms with E-state index in [9.17, 15) is 13.2 Å². The Morgan fingerprint density at radius 1 is 1.43 bits per heavy atom. The second-order valence-electron chi connectivity index (χ2n) is 2.60. The monoisotopic (exact) mass is 224 g/mol. The van der Waals surface area contributed by atoms with Gasteiger partial charge < -0.3 is 11.1 Å². The lowest BCUT2D eigenvalue weighted by molar-refractivity contribution is 0.163. The third-order valence-corrected chi connectivity index (χ3v) is 1.85. The average molecular weight is 225 g/mol. The predicted molar refractivity (Wildman–Crippen MR) is 50.3 cm³/mol. The molecule has 1 rings (SSSR count). The van der Waals surface area contributed by atoms with Crippen LogP contribution in [0, 0.1) is 5.82 Å². The maximum atomic E-state index is 13.2. The number of nitrogens with one attached hydrogen (secondary N) is 1. The largest absolute Gasteiger partial charge is 0.397 e. The Bertz CT molecular complexity index is 331. The van der Waals surface area contributed by atoms with Crippen molar-refractivity contribution in [3.05, 3.63) is 23.0 Å². The Morgan fingerprint density at radius 2 is 2.07 bits per heavy atom. The standard InChI is InChI=1S/C8H8ClF3N2/c9-4-1-2-5(13)8(7(4)12)14-3-6(10)11/h1-2,6,14H,3,13H2. The fraction of sp³-hybridized carbons (Fsp3) is 0.250. The number of halogens is 4. The summed E-state index contributed by atoms with van der Waals surface area (Å²) in [6, 6.07) is 2.61. The van der Waals surface area contributed by atoms with Gasteiger partial charge in [-0.05, 0) is 12.1 Å². The van der Waals surface area contributed by atoms with Crippen molar-refractivity contribution < 1.29 is 13.2 Å². The van der Waals surface area contributed by atoms with E-state index >= 15 is 0 Å². The van der Waals surface area contributed by atoms with Gasteiger partial charge in [-0.2, -0.15) is 0 Å². The Morgan fingerprint density at radius 3 is 2.64 bits per heavy atom. The van der Waals surface area contributed by atoms with Crippen LogP contribution in [0.3, 0.4) is 0 Å². The highest BCUT2D eigenvalue weighted by atomic mass is 35.5. The summed E-state index contributed by atoms with van der Waals surface area (Å²) in [5, 5.41) is 2.03. The number of rotatable bonds is 3. The van der Waals surface area contributed by atoms with Crippen molar-refractivity contribution in [3.63, 3.8) is 0 Å². The minimum atomic E-state index is -2.58. The fourth-order valence-corrected chi connectivity index (χ4v) is 1.08. The number of hydrogen-bond donors (Lipinski definition) is 2. The van der Waals surface area contributed by atoms with Gasteiger partial charge in [-0.3, -0.25) is 0 Å². The van der Waals surface area contributed by atoms with Crippen LogP contribution in [-0.2, 0) is 0 Å². The highest BCUT2D eigenvalue weighted by Gasteiger charge is 2.11. The summed E-state index contributed by atoms with van der Waals surface area (Å²) in [5.41, 5.74) is 5.24. The van der Waals surface area contributed by atoms with Gasteiger partial charge >= 0.3 is 0 Å². The molecular weight excluding hydrogens is 217 g/mol. The van der Waals surface area contributed by atoms with Crippen molar-refractivity contribution in [2.75, 3.05) is 17.6 Å². The highest BCUT2D eigenvalue weighted by molar-refractivity contribution is 6.31. The van der Waals surface area contributed by atoms with Crippen LogP contribution in [0.1, 0.15) is 0 Å². The third kappa shape index (κ3) is 2.45. The molecule has 0 radical (unpaired) electrons. The van der Waals surface area contributed by atoms with Gasteiger partial charge in [0.25, 0.3) is 6.43 Å². The molecular formula is C8H8ClF3N2. The molecule has 0 heterocycles. The first-order chi connectivity index (χ1) is 6.52. The van der Waals surface area contributed by atoms with E-state index in [-0.39, 0.29) is 16.4 Å². The topological polar surface area (TPSA) is 38.0 Å². The molecule has 0 spiro atoms. The zero-order valence-corrected chi connectivity index (χ0v) is 7.78. The maximum Gasteiger partial charge on any atom is 0.255 e. The van der Waals surface area contributed by atoms with Crippen molar-refractivity contribution in [1.29, 1.82) is 0 Å². The molecule has 0 atom stereocenters. The van der Waals surface area contributed by atoms with Gasteiger partial charge in [-0.25, -0.2) is 13.2 Å². The Labute approximate surface area is 83.9 Å². The summed E-state index contributed by atoms with van der Waals surface area (Å²) >= 11 is 5.44. The first kappa shape index (κ1) is 11.0. The quantitative estimate of drug-likeness (QED) is 0.775. The van der Waals surface area contributed by atoms with Crippen molar-refractivity contribution in [2.24, 2.45) is 0 Å². The SMILES string of the molecule is Nc1ccc(Cl)c(F)c1NCC(F)F. The van der Waals surface area contributed by atoms with Gasteiger partial charge in [0.15, 0.2) is 5.82 Å². The molecule has 3 N–H and O–H groups in total. The van der Waals surface area contributed by atoms with Crippen molar-refractivity contribution in [3.8, 4) is 0 Å². The molecule has 0 aliphatic carbocycles. The predicted octanol–water partition coefficient (Wildman–Crippen LogP) is 2.74. The zero-order valence-electron chi connectivity index (χ0n) is 7.03. The van der Waals surface area contributed by atoms with Crippen LogP contribution in [0.2, 0.25) is 5.02 Å². The molecule has 2 nitrogen and oxygen atoms in total. The number of hydrogen-bond acceptors (Lipinski definition) is 2. The Kier molecular flexibility index (Phi) is 3.46. The van der Waals surface area contributed by atoms with E-state index in [2.05, 4.69) is 5.32 Å².